The number of hydrogen-bond acceptors (Lipinski definition) is 6. The van der Waals surface area contributed by atoms with Gasteiger partial charge in [-0.25, -0.2) is 0 Å². The summed E-state index contributed by atoms with van der Waals surface area (Å²) in [5, 5.41) is 22.1. The highest BCUT2D eigenvalue weighted by Crippen LogP contribution is 2.40. The van der Waals surface area contributed by atoms with E-state index < -0.39 is 28.4 Å². The predicted octanol–water partition coefficient (Wildman–Crippen LogP) is 3.61. The van der Waals surface area contributed by atoms with Gasteiger partial charge in [0.1, 0.15) is 5.76 Å². The van der Waals surface area contributed by atoms with Crippen molar-refractivity contribution in [2.24, 2.45) is 0 Å². The van der Waals surface area contributed by atoms with Gasteiger partial charge in [-0.1, -0.05) is 48.5 Å². The van der Waals surface area contributed by atoms with Crippen LogP contribution in [0.3, 0.4) is 0 Å². The summed E-state index contributed by atoms with van der Waals surface area (Å²) in [6, 6.07) is 16.9. The lowest BCUT2D eigenvalue weighted by Crippen LogP contribution is -2.29. The molecule has 0 spiro atoms. The smallest absolute Gasteiger partial charge is 0.295 e. The third-order valence-corrected chi connectivity index (χ3v) is 5.06. The number of non-ortho nitro benzene ring substituents is 1. The summed E-state index contributed by atoms with van der Waals surface area (Å²) < 4.78 is 0. The second kappa shape index (κ2) is 8.19. The van der Waals surface area contributed by atoms with Gasteiger partial charge in [0.2, 0.25) is 0 Å². The molecule has 1 unspecified atom stereocenters. The fourth-order valence-electron chi connectivity index (χ4n) is 3.64. The number of aromatic nitrogens is 1. The van der Waals surface area contributed by atoms with E-state index in [9.17, 15) is 24.8 Å². The summed E-state index contributed by atoms with van der Waals surface area (Å²) in [5.41, 5.74) is 1.11. The first-order valence-corrected chi connectivity index (χ1v) is 9.44. The van der Waals surface area contributed by atoms with E-state index in [2.05, 4.69) is 4.98 Å². The molecule has 1 atom stereocenters. The molecule has 154 valence electrons. The molecule has 31 heavy (non-hydrogen) atoms. The number of nitrogens with zero attached hydrogens (tertiary/aromatic N) is 3. The third-order valence-electron chi connectivity index (χ3n) is 5.06. The normalized spacial score (nSPS) is 17.7. The monoisotopic (exact) mass is 415 g/mol. The highest BCUT2D eigenvalue weighted by molar-refractivity contribution is 6.46. The van der Waals surface area contributed by atoms with Gasteiger partial charge in [0.05, 0.1) is 16.5 Å². The number of carbonyl (C=O) groups excluding carboxylic acids is 2. The van der Waals surface area contributed by atoms with E-state index in [0.717, 1.165) is 5.56 Å². The molecule has 2 heterocycles. The highest BCUT2D eigenvalue weighted by atomic mass is 16.6. The molecule has 8 heteroatoms. The van der Waals surface area contributed by atoms with Gasteiger partial charge < -0.3 is 10.0 Å². The van der Waals surface area contributed by atoms with Gasteiger partial charge >= 0.3 is 0 Å². The Hall–Kier alpha value is -4.33. The lowest BCUT2D eigenvalue weighted by atomic mass is 9.95. The zero-order chi connectivity index (χ0) is 22.0. The molecule has 4 rings (SSSR count). The Morgan fingerprint density at radius 3 is 2.52 bits per heavy atom. The Morgan fingerprint density at radius 2 is 1.84 bits per heavy atom. The summed E-state index contributed by atoms with van der Waals surface area (Å²) >= 11 is 0. The van der Waals surface area contributed by atoms with Crippen molar-refractivity contribution in [3.63, 3.8) is 0 Å². The van der Waals surface area contributed by atoms with Crippen LogP contribution in [0.2, 0.25) is 0 Å². The fourth-order valence-corrected chi connectivity index (χ4v) is 3.64. The summed E-state index contributed by atoms with van der Waals surface area (Å²) in [6.45, 7) is 0.115. The van der Waals surface area contributed by atoms with Crippen LogP contribution in [-0.2, 0) is 16.1 Å². The second-order valence-corrected chi connectivity index (χ2v) is 7.01. The van der Waals surface area contributed by atoms with Crippen LogP contribution in [0.1, 0.15) is 22.7 Å². The van der Waals surface area contributed by atoms with Crippen molar-refractivity contribution in [1.29, 1.82) is 0 Å². The van der Waals surface area contributed by atoms with Crippen molar-refractivity contribution < 1.29 is 19.6 Å². The predicted molar refractivity (Wildman–Crippen MR) is 112 cm³/mol. The molecule has 0 radical (unpaired) electrons. The van der Waals surface area contributed by atoms with E-state index >= 15 is 0 Å². The number of likely N-dealkylation sites (tertiary alicyclic amines) is 1. The van der Waals surface area contributed by atoms with Gasteiger partial charge in [-0.05, 0) is 17.2 Å². The number of nitro groups is 1. The van der Waals surface area contributed by atoms with Crippen molar-refractivity contribution >= 4 is 23.1 Å². The van der Waals surface area contributed by atoms with Gasteiger partial charge in [-0.3, -0.25) is 24.7 Å². The Bertz CT molecular complexity index is 1190. The number of aliphatic hydroxyl groups excluding tert-OH is 1. The largest absolute Gasteiger partial charge is 0.507 e. The van der Waals surface area contributed by atoms with Gasteiger partial charge in [0, 0.05) is 36.6 Å². The molecule has 1 aliphatic heterocycles. The summed E-state index contributed by atoms with van der Waals surface area (Å²) in [5.74, 6) is -2.06. The number of hydrogen-bond donors (Lipinski definition) is 1. The van der Waals surface area contributed by atoms with Crippen molar-refractivity contribution in [2.75, 3.05) is 0 Å². The van der Waals surface area contributed by atoms with Gasteiger partial charge in [0.15, 0.2) is 0 Å². The molecule has 2 aromatic carbocycles. The van der Waals surface area contributed by atoms with Crippen LogP contribution in [0.15, 0.2) is 84.7 Å². The Morgan fingerprint density at radius 1 is 1.06 bits per heavy atom. The molecule has 8 nitrogen and oxygen atoms in total. The first kappa shape index (κ1) is 20.0. The number of nitro benzene ring substituents is 1. The van der Waals surface area contributed by atoms with Gasteiger partial charge in [-0.2, -0.15) is 0 Å². The number of amides is 1. The van der Waals surface area contributed by atoms with E-state index in [-0.39, 0.29) is 23.4 Å². The SMILES string of the molecule is O=C1C(=O)N(Cc2cccnc2)C(c2ccccc2)/C1=C(/O)c1cccc([N+](=O)[O-])c1. The van der Waals surface area contributed by atoms with E-state index in [4.69, 9.17) is 0 Å². The molecule has 1 aromatic heterocycles. The van der Waals surface area contributed by atoms with E-state index in [0.29, 0.717) is 5.56 Å². The molecule has 3 aromatic rings. The van der Waals surface area contributed by atoms with Crippen molar-refractivity contribution in [1.82, 2.24) is 9.88 Å². The van der Waals surface area contributed by atoms with Crippen molar-refractivity contribution in [2.45, 2.75) is 12.6 Å². The number of ketones is 1. The first-order valence-electron chi connectivity index (χ1n) is 9.44. The molecular weight excluding hydrogens is 398 g/mol. The molecule has 1 aliphatic rings. The van der Waals surface area contributed by atoms with Crippen LogP contribution in [0, 0.1) is 10.1 Å². The number of carbonyl (C=O) groups is 2. The maximum absolute atomic E-state index is 13.0. The molecular formula is C23H17N3O5. The molecule has 0 bridgehead atoms. The minimum absolute atomic E-state index is 0.0921. The molecule has 1 fully saturated rings. The fraction of sp³-hybridized carbons (Fsp3) is 0.0870. The summed E-state index contributed by atoms with van der Waals surface area (Å²) in [6.07, 6.45) is 3.20. The minimum atomic E-state index is -0.847. The topological polar surface area (TPSA) is 114 Å². The Kier molecular flexibility index (Phi) is 5.28. The van der Waals surface area contributed by atoms with Crippen LogP contribution >= 0.6 is 0 Å². The zero-order valence-electron chi connectivity index (χ0n) is 16.2. The second-order valence-electron chi connectivity index (χ2n) is 7.01. The number of rotatable bonds is 5. The number of Topliss-reactive ketones (excluding diaryl/α,β-unsaturated/α-hetero) is 1. The van der Waals surface area contributed by atoms with Crippen LogP contribution < -0.4 is 0 Å². The maximum atomic E-state index is 13.0. The Labute approximate surface area is 177 Å². The van der Waals surface area contributed by atoms with E-state index in [1.165, 1.54) is 29.2 Å². The number of aliphatic hydroxyl groups is 1. The molecule has 0 saturated carbocycles. The van der Waals surface area contributed by atoms with E-state index in [1.54, 1.807) is 54.9 Å². The van der Waals surface area contributed by atoms with Crippen molar-refractivity contribution in [3.8, 4) is 0 Å². The third kappa shape index (κ3) is 3.78. The lowest BCUT2D eigenvalue weighted by Gasteiger charge is -2.25. The van der Waals surface area contributed by atoms with Crippen LogP contribution in [0.25, 0.3) is 5.76 Å². The summed E-state index contributed by atoms with van der Waals surface area (Å²) in [4.78, 5) is 41.8. The van der Waals surface area contributed by atoms with Gasteiger partial charge in [-0.15, -0.1) is 0 Å². The van der Waals surface area contributed by atoms with Crippen molar-refractivity contribution in [3.05, 3.63) is 112 Å². The van der Waals surface area contributed by atoms with Crippen LogP contribution in [0.5, 0.6) is 0 Å². The molecule has 1 amide bonds. The lowest BCUT2D eigenvalue weighted by molar-refractivity contribution is -0.384. The minimum Gasteiger partial charge on any atom is -0.507 e. The number of pyridine rings is 1. The first-order chi connectivity index (χ1) is 15.0. The Balaban J connectivity index is 1.86. The standard InChI is InChI=1S/C23H17N3O5/c27-21(17-9-4-10-18(12-17)26(30)31)19-20(16-7-2-1-3-8-16)25(23(29)22(19)28)14-15-6-5-11-24-13-15/h1-13,20,27H,14H2/b21-19-. The number of benzene rings is 2. The van der Waals surface area contributed by atoms with Crippen LogP contribution in [0.4, 0.5) is 5.69 Å². The van der Waals surface area contributed by atoms with Gasteiger partial charge in [0.25, 0.3) is 17.4 Å². The maximum Gasteiger partial charge on any atom is 0.295 e. The average Bonchev–Trinajstić information content (AvgIpc) is 3.05. The quantitative estimate of drug-likeness (QED) is 0.224. The average molecular weight is 415 g/mol. The molecule has 0 aliphatic carbocycles. The summed E-state index contributed by atoms with van der Waals surface area (Å²) in [7, 11) is 0. The molecule has 1 N–H and O–H groups in total. The molecule has 1 saturated heterocycles. The highest BCUT2D eigenvalue weighted by Gasteiger charge is 2.46. The van der Waals surface area contributed by atoms with E-state index in [1.807, 2.05) is 0 Å². The zero-order valence-corrected chi connectivity index (χ0v) is 16.2. The van der Waals surface area contributed by atoms with Crippen LogP contribution in [-0.4, -0.2) is 31.6 Å².